The predicted octanol–water partition coefficient (Wildman–Crippen LogP) is 4.28. The summed E-state index contributed by atoms with van der Waals surface area (Å²) in [5.74, 6) is 0.113. The second-order valence-corrected chi connectivity index (χ2v) is 10.3. The van der Waals surface area contributed by atoms with Gasteiger partial charge in [-0.3, -0.25) is 4.79 Å². The van der Waals surface area contributed by atoms with E-state index in [1.807, 2.05) is 24.4 Å². The number of sulfone groups is 1. The molecule has 1 atom stereocenters. The first-order valence-corrected chi connectivity index (χ1v) is 11.9. The first-order valence-electron chi connectivity index (χ1n) is 8.46. The molecule has 146 valence electrons. The van der Waals surface area contributed by atoms with Crippen molar-refractivity contribution in [2.75, 3.05) is 18.1 Å². The Labute approximate surface area is 172 Å². The second kappa shape index (κ2) is 8.39. The van der Waals surface area contributed by atoms with Crippen molar-refractivity contribution >= 4 is 50.3 Å². The largest absolute Gasteiger partial charge is 0.491 e. The summed E-state index contributed by atoms with van der Waals surface area (Å²) < 4.78 is 29.3. The fourth-order valence-electron chi connectivity index (χ4n) is 3.09. The molecule has 0 radical (unpaired) electrons. The fourth-order valence-corrected chi connectivity index (χ4v) is 6.12. The monoisotopic (exact) mass is 447 g/mol. The van der Waals surface area contributed by atoms with Crippen molar-refractivity contribution in [3.05, 3.63) is 50.1 Å². The number of nitrogens with zero attached hydrogens (tertiary/aromatic N) is 1. The second-order valence-electron chi connectivity index (χ2n) is 6.27. The topological polar surface area (TPSA) is 63.7 Å². The number of carbonyl (C=O) groups excluding carboxylic acids is 1. The molecule has 5 nitrogen and oxygen atoms in total. The molecule has 0 saturated carbocycles. The van der Waals surface area contributed by atoms with Gasteiger partial charge in [0.05, 0.1) is 34.7 Å². The molecule has 2 heterocycles. The fraction of sp³-hybridized carbons (Fsp3) is 0.389. The van der Waals surface area contributed by atoms with E-state index in [-0.39, 0.29) is 33.5 Å². The number of amides is 1. The highest BCUT2D eigenvalue weighted by Gasteiger charge is 2.35. The SMILES string of the molecule is CCOc1c(Cl)cc(C(=O)N(Cc2cccs2)[C@H]2CCS(=O)(=O)C2)cc1Cl. The normalized spacial score (nSPS) is 18.4. The minimum Gasteiger partial charge on any atom is -0.491 e. The molecule has 3 rings (SSSR count). The smallest absolute Gasteiger partial charge is 0.254 e. The molecule has 0 aliphatic carbocycles. The van der Waals surface area contributed by atoms with Crippen molar-refractivity contribution in [3.8, 4) is 5.75 Å². The van der Waals surface area contributed by atoms with Crippen LogP contribution in [0.25, 0.3) is 0 Å². The van der Waals surface area contributed by atoms with Crippen LogP contribution in [-0.4, -0.2) is 43.4 Å². The Hall–Kier alpha value is -1.28. The lowest BCUT2D eigenvalue weighted by atomic mass is 10.1. The van der Waals surface area contributed by atoms with Crippen LogP contribution in [0.3, 0.4) is 0 Å². The van der Waals surface area contributed by atoms with Gasteiger partial charge in [-0.25, -0.2) is 8.42 Å². The zero-order chi connectivity index (χ0) is 19.6. The highest BCUT2D eigenvalue weighted by atomic mass is 35.5. The number of thiophene rings is 1. The van der Waals surface area contributed by atoms with Gasteiger partial charge in [-0.15, -0.1) is 11.3 Å². The molecule has 0 bridgehead atoms. The molecule has 9 heteroatoms. The van der Waals surface area contributed by atoms with Crippen LogP contribution in [-0.2, 0) is 16.4 Å². The summed E-state index contributed by atoms with van der Waals surface area (Å²) in [5.41, 5.74) is 0.314. The number of hydrogen-bond acceptors (Lipinski definition) is 5. The molecule has 0 spiro atoms. The van der Waals surface area contributed by atoms with E-state index >= 15 is 0 Å². The molecular formula is C18H19Cl2NO4S2. The maximum absolute atomic E-state index is 13.2. The standard InChI is InChI=1S/C18H19Cl2NO4S2/c1-2-25-17-15(19)8-12(9-16(17)20)18(22)21(10-14-4-3-6-26-14)13-5-7-27(23,24)11-13/h3-4,6,8-9,13H,2,5,7,10-11H2,1H3/t13-/m0/s1. The number of ether oxygens (including phenoxy) is 1. The zero-order valence-electron chi connectivity index (χ0n) is 14.7. The van der Waals surface area contributed by atoms with Crippen molar-refractivity contribution in [3.63, 3.8) is 0 Å². The van der Waals surface area contributed by atoms with Gasteiger partial charge < -0.3 is 9.64 Å². The Morgan fingerprint density at radius 3 is 2.56 bits per heavy atom. The summed E-state index contributed by atoms with van der Waals surface area (Å²) in [5, 5.41) is 2.43. The van der Waals surface area contributed by atoms with E-state index < -0.39 is 9.84 Å². The molecule has 1 aromatic carbocycles. The Bertz CT molecular complexity index is 906. The van der Waals surface area contributed by atoms with E-state index in [2.05, 4.69) is 0 Å². The Balaban J connectivity index is 1.93. The Kier molecular flexibility index (Phi) is 6.35. The predicted molar refractivity (Wildman–Crippen MR) is 109 cm³/mol. The zero-order valence-corrected chi connectivity index (χ0v) is 17.8. The summed E-state index contributed by atoms with van der Waals surface area (Å²) in [7, 11) is -3.13. The summed E-state index contributed by atoms with van der Waals surface area (Å²) in [4.78, 5) is 15.8. The Morgan fingerprint density at radius 2 is 2.04 bits per heavy atom. The molecule has 0 N–H and O–H groups in total. The number of rotatable bonds is 6. The maximum Gasteiger partial charge on any atom is 0.254 e. The summed E-state index contributed by atoms with van der Waals surface area (Å²) in [6.07, 6.45) is 0.429. The lowest BCUT2D eigenvalue weighted by molar-refractivity contribution is 0.0683. The third-order valence-corrected chi connectivity index (χ3v) is 7.52. The minimum absolute atomic E-state index is 0.0252. The van der Waals surface area contributed by atoms with Gasteiger partial charge in [0.15, 0.2) is 15.6 Å². The third-order valence-electron chi connectivity index (χ3n) is 4.35. The van der Waals surface area contributed by atoms with E-state index in [9.17, 15) is 13.2 Å². The van der Waals surface area contributed by atoms with Crippen molar-refractivity contribution in [1.29, 1.82) is 0 Å². The van der Waals surface area contributed by atoms with E-state index in [1.165, 1.54) is 23.5 Å². The van der Waals surface area contributed by atoms with Crippen LogP contribution in [0.5, 0.6) is 5.75 Å². The van der Waals surface area contributed by atoms with Gasteiger partial charge in [0.1, 0.15) is 0 Å². The van der Waals surface area contributed by atoms with E-state index in [0.717, 1.165) is 4.88 Å². The van der Waals surface area contributed by atoms with Gasteiger partial charge in [0, 0.05) is 16.5 Å². The number of benzene rings is 1. The average molecular weight is 448 g/mol. The van der Waals surface area contributed by atoms with Crippen molar-refractivity contribution in [2.24, 2.45) is 0 Å². The highest BCUT2D eigenvalue weighted by Crippen LogP contribution is 2.35. The van der Waals surface area contributed by atoms with Crippen LogP contribution < -0.4 is 4.74 Å². The minimum atomic E-state index is -3.13. The van der Waals surface area contributed by atoms with Crippen LogP contribution in [0.4, 0.5) is 0 Å². The van der Waals surface area contributed by atoms with Crippen LogP contribution in [0.1, 0.15) is 28.6 Å². The van der Waals surface area contributed by atoms with Gasteiger partial charge in [-0.1, -0.05) is 29.3 Å². The lowest BCUT2D eigenvalue weighted by Crippen LogP contribution is -2.40. The van der Waals surface area contributed by atoms with E-state index in [1.54, 1.807) is 4.90 Å². The van der Waals surface area contributed by atoms with Gasteiger partial charge in [-0.05, 0) is 36.9 Å². The number of carbonyl (C=O) groups is 1. The summed E-state index contributed by atoms with van der Waals surface area (Å²) in [6.45, 7) is 2.56. The molecule has 1 aliphatic heterocycles. The Morgan fingerprint density at radius 1 is 1.33 bits per heavy atom. The first-order chi connectivity index (χ1) is 12.8. The maximum atomic E-state index is 13.2. The molecule has 1 saturated heterocycles. The first kappa shape index (κ1) is 20.5. The molecule has 1 aromatic heterocycles. The molecule has 0 unspecified atom stereocenters. The van der Waals surface area contributed by atoms with Gasteiger partial charge in [-0.2, -0.15) is 0 Å². The average Bonchev–Trinajstić information content (AvgIpc) is 3.24. The molecule has 1 aliphatic rings. The van der Waals surface area contributed by atoms with Gasteiger partial charge in [0.2, 0.25) is 0 Å². The lowest BCUT2D eigenvalue weighted by Gasteiger charge is -2.28. The van der Waals surface area contributed by atoms with Crippen molar-refractivity contribution < 1.29 is 17.9 Å². The quantitative estimate of drug-likeness (QED) is 0.662. The molecule has 2 aromatic rings. The van der Waals surface area contributed by atoms with Crippen LogP contribution >= 0.6 is 34.5 Å². The van der Waals surface area contributed by atoms with Gasteiger partial charge >= 0.3 is 0 Å². The van der Waals surface area contributed by atoms with Crippen molar-refractivity contribution in [2.45, 2.75) is 25.9 Å². The van der Waals surface area contributed by atoms with Crippen LogP contribution in [0, 0.1) is 0 Å². The van der Waals surface area contributed by atoms with E-state index in [0.29, 0.717) is 30.9 Å². The summed E-state index contributed by atoms with van der Waals surface area (Å²) >= 11 is 14.0. The van der Waals surface area contributed by atoms with Crippen LogP contribution in [0.2, 0.25) is 10.0 Å². The molecular weight excluding hydrogens is 429 g/mol. The molecule has 27 heavy (non-hydrogen) atoms. The molecule has 1 amide bonds. The number of halogens is 2. The van der Waals surface area contributed by atoms with Crippen LogP contribution in [0.15, 0.2) is 29.6 Å². The number of hydrogen-bond donors (Lipinski definition) is 0. The molecule has 1 fully saturated rings. The third kappa shape index (κ3) is 4.77. The van der Waals surface area contributed by atoms with Gasteiger partial charge in [0.25, 0.3) is 5.91 Å². The van der Waals surface area contributed by atoms with Crippen molar-refractivity contribution in [1.82, 2.24) is 4.90 Å². The summed E-state index contributed by atoms with van der Waals surface area (Å²) in [6, 6.07) is 6.50. The van der Waals surface area contributed by atoms with E-state index in [4.69, 9.17) is 27.9 Å². The highest BCUT2D eigenvalue weighted by molar-refractivity contribution is 7.91.